The van der Waals surface area contributed by atoms with Crippen LogP contribution in [0.15, 0.2) is 6.20 Å². The lowest BCUT2D eigenvalue weighted by Crippen LogP contribution is -2.45. The lowest BCUT2D eigenvalue weighted by Gasteiger charge is -2.34. The maximum Gasteiger partial charge on any atom is 0.106 e. The maximum atomic E-state index is 5.83. The van der Waals surface area contributed by atoms with E-state index >= 15 is 0 Å². The van der Waals surface area contributed by atoms with Crippen LogP contribution in [0.5, 0.6) is 0 Å². The number of nitrogens with zero attached hydrogens (tertiary/aromatic N) is 2. The summed E-state index contributed by atoms with van der Waals surface area (Å²) in [6.45, 7) is 6.76. The molecule has 1 N–H and O–H groups in total. The minimum Gasteiger partial charge on any atom is -0.368 e. The molecule has 0 radical (unpaired) electrons. The van der Waals surface area contributed by atoms with E-state index < -0.39 is 0 Å². The van der Waals surface area contributed by atoms with E-state index in [-0.39, 0.29) is 5.60 Å². The van der Waals surface area contributed by atoms with Crippen molar-refractivity contribution in [3.8, 4) is 0 Å². The van der Waals surface area contributed by atoms with Gasteiger partial charge in [-0.2, -0.15) is 5.10 Å². The molecule has 0 aliphatic carbocycles. The van der Waals surface area contributed by atoms with Crippen LogP contribution < -0.4 is 5.32 Å². The van der Waals surface area contributed by atoms with Crippen molar-refractivity contribution in [1.82, 2.24) is 15.1 Å². The number of ether oxygens (including phenoxy) is 1. The van der Waals surface area contributed by atoms with Crippen LogP contribution in [-0.4, -0.2) is 29.5 Å². The van der Waals surface area contributed by atoms with Crippen LogP contribution in [0.2, 0.25) is 0 Å². The SMILES string of the molecule is Cc1c(C2(C)CNCCO2)cnn1C. The predicted molar refractivity (Wildman–Crippen MR) is 54.1 cm³/mol. The van der Waals surface area contributed by atoms with E-state index in [1.54, 1.807) is 0 Å². The number of rotatable bonds is 1. The molecule has 78 valence electrons. The number of hydrogen-bond donors (Lipinski definition) is 1. The summed E-state index contributed by atoms with van der Waals surface area (Å²) in [5.74, 6) is 0. The van der Waals surface area contributed by atoms with E-state index in [0.29, 0.717) is 0 Å². The molecular formula is C10H17N3O. The van der Waals surface area contributed by atoms with Gasteiger partial charge in [0.25, 0.3) is 0 Å². The molecule has 2 heterocycles. The molecule has 1 aliphatic heterocycles. The highest BCUT2D eigenvalue weighted by Crippen LogP contribution is 2.28. The van der Waals surface area contributed by atoms with Crippen molar-refractivity contribution < 1.29 is 4.74 Å². The van der Waals surface area contributed by atoms with Gasteiger partial charge in [-0.1, -0.05) is 0 Å². The van der Waals surface area contributed by atoms with Crippen LogP contribution in [0.1, 0.15) is 18.2 Å². The largest absolute Gasteiger partial charge is 0.368 e. The summed E-state index contributed by atoms with van der Waals surface area (Å²) >= 11 is 0. The Labute approximate surface area is 84.3 Å². The molecule has 4 heteroatoms. The molecule has 14 heavy (non-hydrogen) atoms. The molecule has 0 aromatic carbocycles. The quantitative estimate of drug-likeness (QED) is 0.712. The smallest absolute Gasteiger partial charge is 0.106 e. The van der Waals surface area contributed by atoms with Crippen molar-refractivity contribution in [1.29, 1.82) is 0 Å². The predicted octanol–water partition coefficient (Wildman–Crippen LogP) is 0.564. The van der Waals surface area contributed by atoms with Crippen molar-refractivity contribution in [2.45, 2.75) is 19.4 Å². The molecule has 1 saturated heterocycles. The van der Waals surface area contributed by atoms with Gasteiger partial charge in [0.05, 0.1) is 12.8 Å². The Morgan fingerprint density at radius 3 is 2.93 bits per heavy atom. The van der Waals surface area contributed by atoms with Gasteiger partial charge in [-0.05, 0) is 13.8 Å². The molecule has 1 aliphatic rings. The minimum absolute atomic E-state index is 0.212. The average Bonchev–Trinajstić information content (AvgIpc) is 2.49. The monoisotopic (exact) mass is 195 g/mol. The summed E-state index contributed by atoms with van der Waals surface area (Å²) in [5, 5.41) is 7.59. The standard InChI is InChI=1S/C10H17N3O/c1-8-9(6-12-13(8)3)10(2)7-11-4-5-14-10/h6,11H,4-5,7H2,1-3H3. The third-order valence-electron chi connectivity index (χ3n) is 2.97. The highest BCUT2D eigenvalue weighted by Gasteiger charge is 2.32. The van der Waals surface area contributed by atoms with Crippen LogP contribution >= 0.6 is 0 Å². The zero-order chi connectivity index (χ0) is 10.2. The van der Waals surface area contributed by atoms with Crippen molar-refractivity contribution in [3.05, 3.63) is 17.5 Å². The molecule has 1 unspecified atom stereocenters. The van der Waals surface area contributed by atoms with Crippen LogP contribution in [0, 0.1) is 6.92 Å². The molecule has 4 nitrogen and oxygen atoms in total. The van der Waals surface area contributed by atoms with Gasteiger partial charge in [-0.3, -0.25) is 4.68 Å². The Balaban J connectivity index is 2.32. The van der Waals surface area contributed by atoms with Crippen LogP contribution in [0.25, 0.3) is 0 Å². The maximum absolute atomic E-state index is 5.83. The van der Waals surface area contributed by atoms with E-state index in [9.17, 15) is 0 Å². The van der Waals surface area contributed by atoms with Gasteiger partial charge >= 0.3 is 0 Å². The lowest BCUT2D eigenvalue weighted by atomic mass is 9.95. The first-order valence-electron chi connectivity index (χ1n) is 4.97. The van der Waals surface area contributed by atoms with Crippen molar-refractivity contribution in [2.75, 3.05) is 19.7 Å². The topological polar surface area (TPSA) is 39.1 Å². The third-order valence-corrected chi connectivity index (χ3v) is 2.97. The number of aryl methyl sites for hydroxylation is 1. The van der Waals surface area contributed by atoms with Crippen molar-refractivity contribution in [2.24, 2.45) is 7.05 Å². The zero-order valence-electron chi connectivity index (χ0n) is 9.00. The van der Waals surface area contributed by atoms with Gasteiger partial charge in [-0.25, -0.2) is 0 Å². The minimum atomic E-state index is -0.212. The molecule has 0 amide bonds. The Morgan fingerprint density at radius 1 is 1.64 bits per heavy atom. The molecule has 1 atom stereocenters. The number of nitrogens with one attached hydrogen (secondary N) is 1. The first-order valence-corrected chi connectivity index (χ1v) is 4.97. The van der Waals surface area contributed by atoms with E-state index in [1.165, 1.54) is 11.3 Å². The zero-order valence-corrected chi connectivity index (χ0v) is 9.00. The van der Waals surface area contributed by atoms with Crippen LogP contribution in [-0.2, 0) is 17.4 Å². The van der Waals surface area contributed by atoms with Crippen LogP contribution in [0.3, 0.4) is 0 Å². The van der Waals surface area contributed by atoms with Gasteiger partial charge in [0, 0.05) is 31.4 Å². The van der Waals surface area contributed by atoms with Gasteiger partial charge in [-0.15, -0.1) is 0 Å². The highest BCUT2D eigenvalue weighted by molar-refractivity contribution is 5.24. The second kappa shape index (κ2) is 3.37. The first kappa shape index (κ1) is 9.68. The molecule has 0 spiro atoms. The number of aromatic nitrogens is 2. The normalized spacial score (nSPS) is 27.9. The summed E-state index contributed by atoms with van der Waals surface area (Å²) in [6, 6.07) is 0. The van der Waals surface area contributed by atoms with Gasteiger partial charge in [0.2, 0.25) is 0 Å². The number of hydrogen-bond acceptors (Lipinski definition) is 3. The second-order valence-corrected chi connectivity index (χ2v) is 4.02. The second-order valence-electron chi connectivity index (χ2n) is 4.02. The lowest BCUT2D eigenvalue weighted by molar-refractivity contribution is -0.0576. The molecular weight excluding hydrogens is 178 g/mol. The fourth-order valence-electron chi connectivity index (χ4n) is 1.92. The van der Waals surface area contributed by atoms with Gasteiger partial charge < -0.3 is 10.1 Å². The Kier molecular flexibility index (Phi) is 2.33. The fraction of sp³-hybridized carbons (Fsp3) is 0.700. The van der Waals surface area contributed by atoms with Gasteiger partial charge in [0.1, 0.15) is 5.60 Å². The molecule has 1 fully saturated rings. The van der Waals surface area contributed by atoms with E-state index in [0.717, 1.165) is 19.7 Å². The number of morpholine rings is 1. The summed E-state index contributed by atoms with van der Waals surface area (Å²) in [4.78, 5) is 0. The summed E-state index contributed by atoms with van der Waals surface area (Å²) in [6.07, 6.45) is 1.91. The molecule has 0 saturated carbocycles. The van der Waals surface area contributed by atoms with E-state index in [2.05, 4.69) is 24.3 Å². The Bertz CT molecular complexity index is 326. The Morgan fingerprint density at radius 2 is 2.43 bits per heavy atom. The summed E-state index contributed by atoms with van der Waals surface area (Å²) in [7, 11) is 1.96. The highest BCUT2D eigenvalue weighted by atomic mass is 16.5. The average molecular weight is 195 g/mol. The van der Waals surface area contributed by atoms with Crippen molar-refractivity contribution in [3.63, 3.8) is 0 Å². The van der Waals surface area contributed by atoms with E-state index in [4.69, 9.17) is 4.74 Å². The Hall–Kier alpha value is -0.870. The molecule has 2 rings (SSSR count). The molecule has 1 aromatic heterocycles. The van der Waals surface area contributed by atoms with Crippen LogP contribution in [0.4, 0.5) is 0 Å². The van der Waals surface area contributed by atoms with E-state index in [1.807, 2.05) is 17.9 Å². The fourth-order valence-corrected chi connectivity index (χ4v) is 1.92. The molecule has 1 aromatic rings. The first-order chi connectivity index (χ1) is 6.63. The third kappa shape index (κ3) is 1.44. The summed E-state index contributed by atoms with van der Waals surface area (Å²) in [5.41, 5.74) is 2.15. The molecule has 0 bridgehead atoms. The van der Waals surface area contributed by atoms with Gasteiger partial charge in [0.15, 0.2) is 0 Å². The summed E-state index contributed by atoms with van der Waals surface area (Å²) < 4.78 is 7.72. The van der Waals surface area contributed by atoms with Crippen molar-refractivity contribution >= 4 is 0 Å².